The van der Waals surface area contributed by atoms with Crippen LogP contribution in [0.5, 0.6) is 0 Å². The highest BCUT2D eigenvalue weighted by molar-refractivity contribution is 7.19. The van der Waals surface area contributed by atoms with Crippen LogP contribution < -0.4 is 5.56 Å². The SMILES string of the molecule is Cc1sc2ncn(CC(O)Cc3ccccc3)c(=O)c2c1-c1ccccc1. The molecular weight excluding hydrogens is 356 g/mol. The molecule has 0 spiro atoms. The minimum Gasteiger partial charge on any atom is -0.391 e. The molecule has 0 aliphatic carbocycles. The molecule has 2 heterocycles. The number of thiophene rings is 1. The predicted octanol–water partition coefficient (Wildman–Crippen LogP) is 4.04. The highest BCUT2D eigenvalue weighted by Crippen LogP contribution is 2.35. The van der Waals surface area contributed by atoms with Gasteiger partial charge in [-0.05, 0) is 18.1 Å². The van der Waals surface area contributed by atoms with Gasteiger partial charge in [0.1, 0.15) is 4.83 Å². The Bertz CT molecular complexity index is 1120. The molecule has 1 unspecified atom stereocenters. The van der Waals surface area contributed by atoms with Crippen molar-refractivity contribution in [3.05, 3.63) is 87.8 Å². The zero-order chi connectivity index (χ0) is 18.8. The van der Waals surface area contributed by atoms with Gasteiger partial charge in [-0.2, -0.15) is 0 Å². The number of aromatic nitrogens is 2. The summed E-state index contributed by atoms with van der Waals surface area (Å²) in [6, 6.07) is 19.7. The first-order chi connectivity index (χ1) is 13.1. The highest BCUT2D eigenvalue weighted by atomic mass is 32.1. The molecule has 1 N–H and O–H groups in total. The predicted molar refractivity (Wildman–Crippen MR) is 110 cm³/mol. The molecule has 5 heteroatoms. The van der Waals surface area contributed by atoms with Gasteiger partial charge in [0, 0.05) is 16.9 Å². The molecule has 4 aromatic rings. The molecule has 4 nitrogen and oxygen atoms in total. The van der Waals surface area contributed by atoms with Gasteiger partial charge < -0.3 is 5.11 Å². The minimum atomic E-state index is -0.649. The lowest BCUT2D eigenvalue weighted by Crippen LogP contribution is -2.28. The van der Waals surface area contributed by atoms with Gasteiger partial charge in [0.2, 0.25) is 0 Å². The van der Waals surface area contributed by atoms with E-state index in [1.54, 1.807) is 6.33 Å². The van der Waals surface area contributed by atoms with Gasteiger partial charge in [-0.25, -0.2) is 4.98 Å². The van der Waals surface area contributed by atoms with Crippen LogP contribution in [0.4, 0.5) is 0 Å². The number of rotatable bonds is 5. The lowest BCUT2D eigenvalue weighted by molar-refractivity contribution is 0.153. The van der Waals surface area contributed by atoms with Crippen LogP contribution in [-0.2, 0) is 13.0 Å². The Morgan fingerprint density at radius 2 is 1.74 bits per heavy atom. The fourth-order valence-corrected chi connectivity index (χ4v) is 4.40. The minimum absolute atomic E-state index is 0.102. The second-order valence-electron chi connectivity index (χ2n) is 6.63. The van der Waals surface area contributed by atoms with Crippen molar-refractivity contribution in [2.24, 2.45) is 0 Å². The number of hydrogen-bond acceptors (Lipinski definition) is 4. The van der Waals surface area contributed by atoms with Gasteiger partial charge in [0.25, 0.3) is 5.56 Å². The van der Waals surface area contributed by atoms with Crippen molar-refractivity contribution in [1.29, 1.82) is 0 Å². The van der Waals surface area contributed by atoms with E-state index < -0.39 is 6.10 Å². The molecule has 1 atom stereocenters. The molecule has 4 rings (SSSR count). The third-order valence-corrected chi connectivity index (χ3v) is 5.65. The van der Waals surface area contributed by atoms with E-state index in [1.807, 2.05) is 67.6 Å². The zero-order valence-corrected chi connectivity index (χ0v) is 15.8. The Hall–Kier alpha value is -2.76. The summed E-state index contributed by atoms with van der Waals surface area (Å²) in [4.78, 5) is 19.4. The van der Waals surface area contributed by atoms with Crippen LogP contribution in [0.15, 0.2) is 71.8 Å². The van der Waals surface area contributed by atoms with E-state index in [2.05, 4.69) is 4.98 Å². The van der Waals surface area contributed by atoms with Crippen molar-refractivity contribution < 1.29 is 5.11 Å². The topological polar surface area (TPSA) is 55.1 Å². The molecule has 0 aliphatic heterocycles. The third kappa shape index (κ3) is 3.56. The molecule has 0 fully saturated rings. The summed E-state index contributed by atoms with van der Waals surface area (Å²) < 4.78 is 1.52. The van der Waals surface area contributed by atoms with Gasteiger partial charge in [-0.15, -0.1) is 11.3 Å². The van der Waals surface area contributed by atoms with E-state index in [4.69, 9.17) is 0 Å². The monoisotopic (exact) mass is 376 g/mol. The van der Waals surface area contributed by atoms with E-state index in [0.29, 0.717) is 11.8 Å². The largest absolute Gasteiger partial charge is 0.391 e. The van der Waals surface area contributed by atoms with Gasteiger partial charge in [-0.3, -0.25) is 9.36 Å². The summed E-state index contributed by atoms with van der Waals surface area (Å²) in [5, 5.41) is 11.1. The first-order valence-corrected chi connectivity index (χ1v) is 9.71. The summed E-state index contributed by atoms with van der Waals surface area (Å²) in [5.41, 5.74) is 2.90. The number of benzene rings is 2. The Kier molecular flexibility index (Phi) is 4.88. The average Bonchev–Trinajstić information content (AvgIpc) is 3.02. The lowest BCUT2D eigenvalue weighted by atomic mass is 10.0. The lowest BCUT2D eigenvalue weighted by Gasteiger charge is -2.13. The molecular formula is C22H20N2O2S. The Morgan fingerprint density at radius 3 is 2.44 bits per heavy atom. The van der Waals surface area contributed by atoms with Gasteiger partial charge in [-0.1, -0.05) is 60.7 Å². The number of fused-ring (bicyclic) bond motifs is 1. The van der Waals surface area contributed by atoms with Crippen molar-refractivity contribution in [2.75, 3.05) is 0 Å². The molecule has 136 valence electrons. The first-order valence-electron chi connectivity index (χ1n) is 8.89. The molecule has 0 saturated heterocycles. The molecule has 2 aromatic carbocycles. The van der Waals surface area contributed by atoms with Crippen molar-refractivity contribution >= 4 is 21.6 Å². The number of hydrogen-bond donors (Lipinski definition) is 1. The smallest absolute Gasteiger partial charge is 0.262 e. The summed E-state index contributed by atoms with van der Waals surface area (Å²) in [6.07, 6.45) is 1.40. The standard InChI is InChI=1S/C22H20N2O2S/c1-15-19(17-10-6-3-7-11-17)20-21(27-15)23-14-24(22(20)26)13-18(25)12-16-8-4-2-5-9-16/h2-11,14,18,25H,12-13H2,1H3. The van der Waals surface area contributed by atoms with Gasteiger partial charge in [0.05, 0.1) is 24.4 Å². The van der Waals surface area contributed by atoms with Crippen LogP contribution in [0, 0.1) is 6.92 Å². The van der Waals surface area contributed by atoms with Crippen molar-refractivity contribution in [1.82, 2.24) is 9.55 Å². The summed E-state index contributed by atoms with van der Waals surface area (Å²) >= 11 is 1.53. The van der Waals surface area contributed by atoms with Gasteiger partial charge >= 0.3 is 0 Å². The Balaban J connectivity index is 1.71. The summed E-state index contributed by atoms with van der Waals surface area (Å²) in [5.74, 6) is 0. The second kappa shape index (κ2) is 7.47. The molecule has 0 saturated carbocycles. The van der Waals surface area contributed by atoms with Crippen LogP contribution in [0.3, 0.4) is 0 Å². The van der Waals surface area contributed by atoms with E-state index >= 15 is 0 Å². The molecule has 27 heavy (non-hydrogen) atoms. The highest BCUT2D eigenvalue weighted by Gasteiger charge is 2.17. The zero-order valence-electron chi connectivity index (χ0n) is 15.0. The maximum atomic E-state index is 13.1. The Labute approximate surface area is 161 Å². The van der Waals surface area contributed by atoms with Crippen molar-refractivity contribution in [2.45, 2.75) is 26.0 Å². The van der Waals surface area contributed by atoms with Crippen LogP contribution >= 0.6 is 11.3 Å². The molecule has 0 bridgehead atoms. The maximum absolute atomic E-state index is 13.1. The second-order valence-corrected chi connectivity index (χ2v) is 7.83. The fourth-order valence-electron chi connectivity index (χ4n) is 3.40. The molecule has 0 amide bonds. The quantitative estimate of drug-likeness (QED) is 0.572. The van der Waals surface area contributed by atoms with E-state index in [-0.39, 0.29) is 12.1 Å². The number of aryl methyl sites for hydroxylation is 1. The molecule has 0 radical (unpaired) electrons. The van der Waals surface area contributed by atoms with Gasteiger partial charge in [0.15, 0.2) is 0 Å². The first kappa shape index (κ1) is 17.6. The van der Waals surface area contributed by atoms with Crippen LogP contribution in [-0.4, -0.2) is 20.8 Å². The third-order valence-electron chi connectivity index (χ3n) is 4.64. The Morgan fingerprint density at radius 1 is 1.07 bits per heavy atom. The fraction of sp³-hybridized carbons (Fsp3) is 0.182. The van der Waals surface area contributed by atoms with E-state index in [1.165, 1.54) is 15.9 Å². The van der Waals surface area contributed by atoms with Crippen LogP contribution in [0.1, 0.15) is 10.4 Å². The van der Waals surface area contributed by atoms with E-state index in [0.717, 1.165) is 26.4 Å². The average molecular weight is 376 g/mol. The number of nitrogens with zero attached hydrogens (tertiary/aromatic N) is 2. The maximum Gasteiger partial charge on any atom is 0.262 e. The molecule has 2 aromatic heterocycles. The van der Waals surface area contributed by atoms with Crippen molar-refractivity contribution in [3.8, 4) is 11.1 Å². The van der Waals surface area contributed by atoms with Crippen LogP contribution in [0.2, 0.25) is 0 Å². The molecule has 0 aliphatic rings. The van der Waals surface area contributed by atoms with Crippen LogP contribution in [0.25, 0.3) is 21.3 Å². The normalized spacial score (nSPS) is 12.4. The van der Waals surface area contributed by atoms with E-state index in [9.17, 15) is 9.90 Å². The number of aliphatic hydroxyl groups is 1. The summed E-state index contributed by atoms with van der Waals surface area (Å²) in [6.45, 7) is 2.24. The van der Waals surface area contributed by atoms with Crippen molar-refractivity contribution in [3.63, 3.8) is 0 Å². The summed E-state index contributed by atoms with van der Waals surface area (Å²) in [7, 11) is 0. The number of aliphatic hydroxyl groups excluding tert-OH is 1.